The lowest BCUT2D eigenvalue weighted by Crippen LogP contribution is -2.12. The third kappa shape index (κ3) is 3.07. The van der Waals surface area contributed by atoms with Crippen LogP contribution in [-0.2, 0) is 7.05 Å². The minimum Gasteiger partial charge on any atom is -0.493 e. The van der Waals surface area contributed by atoms with Gasteiger partial charge in [0.25, 0.3) is 5.91 Å². The van der Waals surface area contributed by atoms with Gasteiger partial charge >= 0.3 is 0 Å². The summed E-state index contributed by atoms with van der Waals surface area (Å²) in [6.07, 6.45) is 1.59. The van der Waals surface area contributed by atoms with E-state index in [-0.39, 0.29) is 11.8 Å². The first kappa shape index (κ1) is 14.7. The van der Waals surface area contributed by atoms with Crippen LogP contribution < -0.4 is 19.5 Å². The van der Waals surface area contributed by atoms with E-state index in [0.717, 1.165) is 0 Å². The zero-order valence-electron chi connectivity index (χ0n) is 12.3. The van der Waals surface area contributed by atoms with E-state index in [1.54, 1.807) is 38.6 Å². The van der Waals surface area contributed by atoms with Gasteiger partial charge in [-0.25, -0.2) is 0 Å². The molecule has 2 rings (SSSR count). The summed E-state index contributed by atoms with van der Waals surface area (Å²) >= 11 is 0. The maximum Gasteiger partial charge on any atom is 0.262 e. The Labute approximate surface area is 122 Å². The maximum absolute atomic E-state index is 12.2. The van der Waals surface area contributed by atoms with E-state index < -0.39 is 0 Å². The number of ether oxygens (including phenoxy) is 3. The minimum absolute atomic E-state index is 0.274. The van der Waals surface area contributed by atoms with Crippen LogP contribution in [0.1, 0.15) is 10.4 Å². The highest BCUT2D eigenvalue weighted by molar-refractivity contribution is 6.05. The van der Waals surface area contributed by atoms with Crippen LogP contribution in [0.25, 0.3) is 0 Å². The van der Waals surface area contributed by atoms with Gasteiger partial charge in [-0.3, -0.25) is 9.48 Å². The average molecular weight is 291 g/mol. The second kappa shape index (κ2) is 6.17. The minimum atomic E-state index is -0.313. The maximum atomic E-state index is 12.2. The van der Waals surface area contributed by atoms with Crippen molar-refractivity contribution >= 4 is 11.6 Å². The number of carbonyl (C=O) groups is 1. The molecule has 0 spiro atoms. The lowest BCUT2D eigenvalue weighted by atomic mass is 10.2. The normalized spacial score (nSPS) is 10.1. The summed E-state index contributed by atoms with van der Waals surface area (Å²) in [5, 5.41) is 6.81. The van der Waals surface area contributed by atoms with E-state index in [1.807, 2.05) is 0 Å². The molecule has 7 heteroatoms. The second-order valence-electron chi connectivity index (χ2n) is 4.25. The molecule has 21 heavy (non-hydrogen) atoms. The van der Waals surface area contributed by atoms with Crippen molar-refractivity contribution < 1.29 is 19.0 Å². The van der Waals surface area contributed by atoms with Crippen LogP contribution in [0, 0.1) is 0 Å². The van der Waals surface area contributed by atoms with Crippen LogP contribution in [0.15, 0.2) is 24.4 Å². The van der Waals surface area contributed by atoms with E-state index in [2.05, 4.69) is 10.4 Å². The van der Waals surface area contributed by atoms with Crippen LogP contribution in [0.5, 0.6) is 17.4 Å². The van der Waals surface area contributed by atoms with Crippen LogP contribution >= 0.6 is 0 Å². The molecular weight excluding hydrogens is 274 g/mol. The topological polar surface area (TPSA) is 74.6 Å². The van der Waals surface area contributed by atoms with Crippen molar-refractivity contribution in [2.45, 2.75) is 0 Å². The first-order chi connectivity index (χ1) is 10.1. The number of anilines is 1. The Hall–Kier alpha value is -2.70. The quantitative estimate of drug-likeness (QED) is 0.907. The highest BCUT2D eigenvalue weighted by Crippen LogP contribution is 2.30. The van der Waals surface area contributed by atoms with E-state index in [4.69, 9.17) is 14.2 Å². The van der Waals surface area contributed by atoms with Gasteiger partial charge in [0, 0.05) is 25.0 Å². The number of rotatable bonds is 5. The fraction of sp³-hybridized carbons (Fsp3) is 0.286. The molecule has 0 saturated heterocycles. The molecule has 0 aliphatic heterocycles. The van der Waals surface area contributed by atoms with Gasteiger partial charge in [-0.1, -0.05) is 0 Å². The summed E-state index contributed by atoms with van der Waals surface area (Å²) in [6.45, 7) is 0. The number of nitrogens with zero attached hydrogens (tertiary/aromatic N) is 2. The Morgan fingerprint density at radius 3 is 2.48 bits per heavy atom. The molecule has 0 unspecified atom stereocenters. The number of aromatic nitrogens is 2. The number of amides is 1. The van der Waals surface area contributed by atoms with Crippen molar-refractivity contribution in [3.63, 3.8) is 0 Å². The summed E-state index contributed by atoms with van der Waals surface area (Å²) < 4.78 is 16.9. The highest BCUT2D eigenvalue weighted by atomic mass is 16.5. The van der Waals surface area contributed by atoms with Crippen molar-refractivity contribution in [1.29, 1.82) is 0 Å². The zero-order valence-corrected chi connectivity index (χ0v) is 12.3. The Kier molecular flexibility index (Phi) is 4.32. The third-order valence-electron chi connectivity index (χ3n) is 2.87. The van der Waals surface area contributed by atoms with Crippen LogP contribution in [0.4, 0.5) is 5.69 Å². The smallest absolute Gasteiger partial charge is 0.262 e. The standard InChI is InChI=1S/C14H17N3O4/c1-17-8-10(14(16-17)21-4)13(18)15-9-5-6-11(19-2)12(7-9)20-3/h5-8H,1-4H3,(H,15,18). The van der Waals surface area contributed by atoms with Gasteiger partial charge in [0.1, 0.15) is 5.56 Å². The first-order valence-corrected chi connectivity index (χ1v) is 6.20. The molecule has 1 N–H and O–H groups in total. The molecule has 0 atom stereocenters. The summed E-state index contributed by atoms with van der Waals surface area (Å²) in [4.78, 5) is 12.2. The fourth-order valence-electron chi connectivity index (χ4n) is 1.89. The predicted molar refractivity (Wildman–Crippen MR) is 77.3 cm³/mol. The molecule has 0 radical (unpaired) electrons. The van der Waals surface area contributed by atoms with Crippen LogP contribution in [0.2, 0.25) is 0 Å². The lowest BCUT2D eigenvalue weighted by Gasteiger charge is -2.10. The molecule has 1 aromatic heterocycles. The molecule has 112 valence electrons. The van der Waals surface area contributed by atoms with Crippen LogP contribution in [-0.4, -0.2) is 37.0 Å². The van der Waals surface area contributed by atoms with Crippen molar-refractivity contribution in [2.75, 3.05) is 26.6 Å². The largest absolute Gasteiger partial charge is 0.493 e. The molecule has 1 aromatic carbocycles. The molecule has 0 saturated carbocycles. The Bertz CT molecular complexity index is 652. The number of benzene rings is 1. The molecule has 0 aliphatic carbocycles. The molecule has 7 nitrogen and oxygen atoms in total. The fourth-order valence-corrected chi connectivity index (χ4v) is 1.89. The Morgan fingerprint density at radius 2 is 1.86 bits per heavy atom. The van der Waals surface area contributed by atoms with Gasteiger partial charge in [-0.2, -0.15) is 0 Å². The van der Waals surface area contributed by atoms with Gasteiger partial charge in [0.05, 0.1) is 21.3 Å². The zero-order chi connectivity index (χ0) is 15.4. The molecule has 1 amide bonds. The van der Waals surface area contributed by atoms with Crippen molar-refractivity contribution in [3.8, 4) is 17.4 Å². The number of aryl methyl sites for hydroxylation is 1. The first-order valence-electron chi connectivity index (χ1n) is 6.20. The molecule has 0 fully saturated rings. The van der Waals surface area contributed by atoms with Gasteiger partial charge in [0.2, 0.25) is 5.88 Å². The average Bonchev–Trinajstić information content (AvgIpc) is 2.88. The van der Waals surface area contributed by atoms with Gasteiger partial charge < -0.3 is 19.5 Å². The van der Waals surface area contributed by atoms with E-state index in [1.165, 1.54) is 18.9 Å². The number of hydrogen-bond acceptors (Lipinski definition) is 5. The summed E-state index contributed by atoms with van der Waals surface area (Å²) in [5.41, 5.74) is 0.943. The Morgan fingerprint density at radius 1 is 1.14 bits per heavy atom. The van der Waals surface area contributed by atoms with Gasteiger partial charge in [0.15, 0.2) is 11.5 Å². The van der Waals surface area contributed by atoms with Crippen molar-refractivity contribution in [3.05, 3.63) is 30.0 Å². The summed E-state index contributed by atoms with van der Waals surface area (Å²) in [6, 6.07) is 5.12. The Balaban J connectivity index is 2.23. The number of nitrogens with one attached hydrogen (secondary N) is 1. The SMILES string of the molecule is COc1ccc(NC(=O)c2cn(C)nc2OC)cc1OC. The predicted octanol–water partition coefficient (Wildman–Crippen LogP) is 1.70. The molecule has 2 aromatic rings. The summed E-state index contributed by atoms with van der Waals surface area (Å²) in [5.74, 6) is 1.09. The van der Waals surface area contributed by atoms with E-state index in [0.29, 0.717) is 22.7 Å². The van der Waals surface area contributed by atoms with E-state index in [9.17, 15) is 4.79 Å². The van der Waals surface area contributed by atoms with Crippen molar-refractivity contribution in [2.24, 2.45) is 7.05 Å². The van der Waals surface area contributed by atoms with Gasteiger partial charge in [-0.05, 0) is 12.1 Å². The summed E-state index contributed by atoms with van der Waals surface area (Å²) in [7, 11) is 6.27. The molecular formula is C14H17N3O4. The third-order valence-corrected chi connectivity index (χ3v) is 2.87. The monoisotopic (exact) mass is 291 g/mol. The number of carbonyl (C=O) groups excluding carboxylic acids is 1. The van der Waals surface area contributed by atoms with Crippen molar-refractivity contribution in [1.82, 2.24) is 9.78 Å². The van der Waals surface area contributed by atoms with Gasteiger partial charge in [-0.15, -0.1) is 5.10 Å². The number of hydrogen-bond donors (Lipinski definition) is 1. The molecule has 0 bridgehead atoms. The molecule has 1 heterocycles. The second-order valence-corrected chi connectivity index (χ2v) is 4.25. The lowest BCUT2D eigenvalue weighted by molar-refractivity contribution is 0.102. The molecule has 0 aliphatic rings. The number of methoxy groups -OCH3 is 3. The highest BCUT2D eigenvalue weighted by Gasteiger charge is 2.17. The van der Waals surface area contributed by atoms with E-state index >= 15 is 0 Å². The van der Waals surface area contributed by atoms with Crippen LogP contribution in [0.3, 0.4) is 0 Å².